The standard InChI is InChI=1S/C30H28Cl2N4O2/c1-35(2)27-15-13-23(17-25(27)31)33-29(37)21-9-5-19(6-10-21)20-7-11-22(12-8-20)30(38)34-24-14-16-28(36(3)4)26(32)18-24/h5-18H,1-4H3,(H,33,37)(H,34,38). The van der Waals surface area contributed by atoms with Gasteiger partial charge in [0, 0.05) is 50.7 Å². The lowest BCUT2D eigenvalue weighted by atomic mass is 10.0. The average molecular weight is 547 g/mol. The Balaban J connectivity index is 1.40. The molecule has 0 bridgehead atoms. The molecule has 6 nitrogen and oxygen atoms in total. The maximum absolute atomic E-state index is 12.7. The molecule has 0 aliphatic rings. The van der Waals surface area contributed by atoms with E-state index < -0.39 is 0 Å². The van der Waals surface area contributed by atoms with Crippen LogP contribution in [0.5, 0.6) is 0 Å². The van der Waals surface area contributed by atoms with Gasteiger partial charge in [-0.3, -0.25) is 9.59 Å². The van der Waals surface area contributed by atoms with Crippen LogP contribution >= 0.6 is 23.2 Å². The second-order valence-electron chi connectivity index (χ2n) is 9.18. The highest BCUT2D eigenvalue weighted by atomic mass is 35.5. The first-order valence-electron chi connectivity index (χ1n) is 11.9. The predicted molar refractivity (Wildman–Crippen MR) is 159 cm³/mol. The average Bonchev–Trinajstić information content (AvgIpc) is 2.88. The Bertz CT molecular complexity index is 1350. The van der Waals surface area contributed by atoms with Crippen LogP contribution in [0.15, 0.2) is 84.9 Å². The summed E-state index contributed by atoms with van der Waals surface area (Å²) in [5.41, 5.74) is 5.91. The van der Waals surface area contributed by atoms with Gasteiger partial charge in [-0.15, -0.1) is 0 Å². The molecule has 0 heterocycles. The van der Waals surface area contributed by atoms with Crippen LogP contribution in [0.2, 0.25) is 10.0 Å². The van der Waals surface area contributed by atoms with Gasteiger partial charge in [-0.25, -0.2) is 0 Å². The molecule has 0 atom stereocenters. The molecule has 2 N–H and O–H groups in total. The van der Waals surface area contributed by atoms with Crippen LogP contribution in [-0.4, -0.2) is 40.0 Å². The number of anilines is 4. The van der Waals surface area contributed by atoms with Gasteiger partial charge in [0.2, 0.25) is 0 Å². The normalized spacial score (nSPS) is 10.6. The van der Waals surface area contributed by atoms with Crippen molar-refractivity contribution < 1.29 is 9.59 Å². The number of nitrogens with one attached hydrogen (secondary N) is 2. The minimum absolute atomic E-state index is 0.226. The van der Waals surface area contributed by atoms with Gasteiger partial charge in [-0.05, 0) is 71.8 Å². The van der Waals surface area contributed by atoms with E-state index in [4.69, 9.17) is 23.2 Å². The minimum Gasteiger partial charge on any atom is -0.376 e. The molecule has 2 amide bonds. The molecule has 4 rings (SSSR count). The Morgan fingerprint density at radius 1 is 0.553 bits per heavy atom. The van der Waals surface area contributed by atoms with Crippen molar-refractivity contribution in [1.82, 2.24) is 0 Å². The quantitative estimate of drug-likeness (QED) is 0.255. The second kappa shape index (κ2) is 11.6. The zero-order valence-corrected chi connectivity index (χ0v) is 23.1. The molecule has 0 fully saturated rings. The number of halogens is 2. The molecule has 4 aromatic rings. The molecule has 4 aromatic carbocycles. The number of amides is 2. The Morgan fingerprint density at radius 2 is 0.895 bits per heavy atom. The van der Waals surface area contributed by atoms with E-state index in [1.165, 1.54) is 0 Å². The molecule has 0 saturated carbocycles. The number of hydrogen-bond acceptors (Lipinski definition) is 4. The number of carbonyl (C=O) groups is 2. The van der Waals surface area contributed by atoms with Gasteiger partial charge >= 0.3 is 0 Å². The van der Waals surface area contributed by atoms with E-state index in [0.717, 1.165) is 22.5 Å². The molecule has 0 unspecified atom stereocenters. The van der Waals surface area contributed by atoms with Crippen LogP contribution in [0.3, 0.4) is 0 Å². The third-order valence-corrected chi connectivity index (χ3v) is 6.61. The molecule has 0 saturated heterocycles. The van der Waals surface area contributed by atoms with Gasteiger partial charge in [0.05, 0.1) is 21.4 Å². The second-order valence-corrected chi connectivity index (χ2v) is 10.00. The molecule has 194 valence electrons. The van der Waals surface area contributed by atoms with Crippen molar-refractivity contribution in [3.8, 4) is 11.1 Å². The summed E-state index contributed by atoms with van der Waals surface area (Å²) in [5, 5.41) is 6.88. The zero-order chi connectivity index (χ0) is 27.4. The highest BCUT2D eigenvalue weighted by molar-refractivity contribution is 6.34. The fourth-order valence-corrected chi connectivity index (χ4v) is 4.63. The van der Waals surface area contributed by atoms with Crippen LogP contribution < -0.4 is 20.4 Å². The lowest BCUT2D eigenvalue weighted by Gasteiger charge is -2.15. The van der Waals surface area contributed by atoms with E-state index in [1.807, 2.05) is 86.5 Å². The summed E-state index contributed by atoms with van der Waals surface area (Å²) in [7, 11) is 7.63. The molecule has 38 heavy (non-hydrogen) atoms. The Labute approximate surface area is 232 Å². The minimum atomic E-state index is -0.226. The summed E-state index contributed by atoms with van der Waals surface area (Å²) >= 11 is 12.6. The number of carbonyl (C=O) groups excluding carboxylic acids is 2. The van der Waals surface area contributed by atoms with Crippen molar-refractivity contribution in [2.24, 2.45) is 0 Å². The third-order valence-electron chi connectivity index (χ3n) is 6.00. The Hall–Kier alpha value is -4.00. The molecule has 0 spiro atoms. The highest BCUT2D eigenvalue weighted by Crippen LogP contribution is 2.29. The summed E-state index contributed by atoms with van der Waals surface area (Å²) in [5.74, 6) is -0.452. The number of nitrogens with zero attached hydrogens (tertiary/aromatic N) is 2. The molecular weight excluding hydrogens is 519 g/mol. The number of benzene rings is 4. The maximum atomic E-state index is 12.7. The molecule has 0 aliphatic carbocycles. The summed E-state index contributed by atoms with van der Waals surface area (Å²) < 4.78 is 0. The van der Waals surface area contributed by atoms with Crippen molar-refractivity contribution in [2.75, 3.05) is 48.6 Å². The van der Waals surface area contributed by atoms with Crippen molar-refractivity contribution in [2.45, 2.75) is 0 Å². The first kappa shape index (κ1) is 27.0. The largest absolute Gasteiger partial charge is 0.376 e. The van der Waals surface area contributed by atoms with Crippen LogP contribution in [0.1, 0.15) is 20.7 Å². The van der Waals surface area contributed by atoms with Crippen molar-refractivity contribution in [1.29, 1.82) is 0 Å². The maximum Gasteiger partial charge on any atom is 0.255 e. The highest BCUT2D eigenvalue weighted by Gasteiger charge is 2.11. The van der Waals surface area contributed by atoms with Crippen LogP contribution in [-0.2, 0) is 0 Å². The van der Waals surface area contributed by atoms with E-state index in [-0.39, 0.29) is 11.8 Å². The monoisotopic (exact) mass is 546 g/mol. The zero-order valence-electron chi connectivity index (χ0n) is 21.5. The first-order chi connectivity index (χ1) is 18.1. The van der Waals surface area contributed by atoms with Gasteiger partial charge in [-0.2, -0.15) is 0 Å². The van der Waals surface area contributed by atoms with E-state index >= 15 is 0 Å². The topological polar surface area (TPSA) is 64.7 Å². The smallest absolute Gasteiger partial charge is 0.255 e. The SMILES string of the molecule is CN(C)c1ccc(NC(=O)c2ccc(-c3ccc(C(=O)Nc4ccc(N(C)C)c(Cl)c4)cc3)cc2)cc1Cl. The van der Waals surface area contributed by atoms with Crippen molar-refractivity contribution in [3.63, 3.8) is 0 Å². The van der Waals surface area contributed by atoms with E-state index in [9.17, 15) is 9.59 Å². The van der Waals surface area contributed by atoms with Crippen molar-refractivity contribution in [3.05, 3.63) is 106 Å². The number of hydrogen-bond donors (Lipinski definition) is 2. The Morgan fingerprint density at radius 3 is 1.18 bits per heavy atom. The van der Waals surface area contributed by atoms with Gasteiger partial charge in [0.1, 0.15) is 0 Å². The molecule has 0 radical (unpaired) electrons. The molecule has 0 aromatic heterocycles. The molecule has 0 aliphatic heterocycles. The summed E-state index contributed by atoms with van der Waals surface area (Å²) in [6, 6.07) is 25.4. The first-order valence-corrected chi connectivity index (χ1v) is 12.6. The molecule has 8 heteroatoms. The summed E-state index contributed by atoms with van der Waals surface area (Å²) in [4.78, 5) is 29.2. The number of rotatable bonds is 7. The predicted octanol–water partition coefficient (Wildman–Crippen LogP) is 7.30. The van der Waals surface area contributed by atoms with Crippen LogP contribution in [0.4, 0.5) is 22.7 Å². The fraction of sp³-hybridized carbons (Fsp3) is 0.133. The van der Waals surface area contributed by atoms with Gasteiger partial charge in [0.25, 0.3) is 11.8 Å². The fourth-order valence-electron chi connectivity index (χ4n) is 3.93. The van der Waals surface area contributed by atoms with Crippen LogP contribution in [0.25, 0.3) is 11.1 Å². The van der Waals surface area contributed by atoms with E-state index in [0.29, 0.717) is 32.5 Å². The van der Waals surface area contributed by atoms with Crippen LogP contribution in [0, 0.1) is 0 Å². The third kappa shape index (κ3) is 6.28. The van der Waals surface area contributed by atoms with E-state index in [1.54, 1.807) is 36.4 Å². The lowest BCUT2D eigenvalue weighted by molar-refractivity contribution is 0.101. The summed E-state index contributed by atoms with van der Waals surface area (Å²) in [6.45, 7) is 0. The van der Waals surface area contributed by atoms with Gasteiger partial charge in [0.15, 0.2) is 0 Å². The Kier molecular flexibility index (Phi) is 8.25. The molecular formula is C30H28Cl2N4O2. The lowest BCUT2D eigenvalue weighted by Crippen LogP contribution is -2.13. The van der Waals surface area contributed by atoms with Crippen molar-refractivity contribution >= 4 is 57.8 Å². The van der Waals surface area contributed by atoms with E-state index in [2.05, 4.69) is 10.6 Å². The van der Waals surface area contributed by atoms with Gasteiger partial charge in [-0.1, -0.05) is 47.5 Å². The summed E-state index contributed by atoms with van der Waals surface area (Å²) in [6.07, 6.45) is 0. The van der Waals surface area contributed by atoms with Gasteiger partial charge < -0.3 is 20.4 Å².